The third-order valence-corrected chi connectivity index (χ3v) is 6.86. The fourth-order valence-corrected chi connectivity index (χ4v) is 4.62. The summed E-state index contributed by atoms with van der Waals surface area (Å²) >= 11 is 0. The number of halogens is 3. The van der Waals surface area contributed by atoms with Crippen LogP contribution < -0.4 is 16.0 Å². The lowest BCUT2D eigenvalue weighted by atomic mass is 10.1. The molecule has 3 aromatic rings. The van der Waals surface area contributed by atoms with Crippen molar-refractivity contribution in [2.24, 2.45) is 20.0 Å². The molecule has 1 amide bonds. The highest BCUT2D eigenvalue weighted by Gasteiger charge is 2.36. The van der Waals surface area contributed by atoms with E-state index in [1.807, 2.05) is 4.90 Å². The number of imidazole rings is 1. The summed E-state index contributed by atoms with van der Waals surface area (Å²) in [4.78, 5) is 44.1. The first-order valence-electron chi connectivity index (χ1n) is 11.8. The molecule has 0 atom stereocenters. The van der Waals surface area contributed by atoms with Crippen LogP contribution in [0.2, 0.25) is 0 Å². The Morgan fingerprint density at radius 1 is 1.08 bits per heavy atom. The van der Waals surface area contributed by atoms with Crippen molar-refractivity contribution in [1.29, 1.82) is 0 Å². The van der Waals surface area contributed by atoms with Crippen LogP contribution in [0.25, 0.3) is 11.2 Å². The molecule has 36 heavy (non-hydrogen) atoms. The van der Waals surface area contributed by atoms with Gasteiger partial charge in [-0.3, -0.25) is 23.3 Å². The first kappa shape index (κ1) is 24.1. The van der Waals surface area contributed by atoms with E-state index < -0.39 is 23.0 Å². The van der Waals surface area contributed by atoms with Crippen molar-refractivity contribution < 1.29 is 22.7 Å². The van der Waals surface area contributed by atoms with Gasteiger partial charge in [-0.15, -0.1) is 0 Å². The lowest BCUT2D eigenvalue weighted by Gasteiger charge is -2.32. The number of hydrogen-bond acceptors (Lipinski definition) is 5. The summed E-state index contributed by atoms with van der Waals surface area (Å²) < 4.78 is 49.6. The molecule has 2 aromatic heterocycles. The van der Waals surface area contributed by atoms with Gasteiger partial charge in [0.05, 0.1) is 12.1 Å². The number of aryl methyl sites for hydroxylation is 1. The van der Waals surface area contributed by atoms with Crippen molar-refractivity contribution in [1.82, 2.24) is 23.6 Å². The number of carbonyl (C=O) groups is 1. The van der Waals surface area contributed by atoms with Gasteiger partial charge in [0.1, 0.15) is 6.10 Å². The predicted octanol–water partition coefficient (Wildman–Crippen LogP) is 2.28. The monoisotopic (exact) mass is 505 g/mol. The molecule has 2 aliphatic rings. The number of hydrogen-bond donors (Lipinski definition) is 0. The van der Waals surface area contributed by atoms with E-state index >= 15 is 0 Å². The van der Waals surface area contributed by atoms with Gasteiger partial charge in [-0.25, -0.2) is 4.79 Å². The fraction of sp³-hybridized carbons (Fsp3) is 0.500. The summed E-state index contributed by atoms with van der Waals surface area (Å²) in [6.07, 6.45) is -1.83. The highest BCUT2D eigenvalue weighted by Crippen LogP contribution is 2.33. The predicted molar refractivity (Wildman–Crippen MR) is 124 cm³/mol. The molecule has 0 bridgehead atoms. The molecule has 0 N–H and O–H groups in total. The first-order valence-corrected chi connectivity index (χ1v) is 11.8. The van der Waals surface area contributed by atoms with Gasteiger partial charge in [-0.1, -0.05) is 12.1 Å². The smallest absolute Gasteiger partial charge is 0.416 e. The maximum Gasteiger partial charge on any atom is 0.416 e. The number of carbonyl (C=O) groups excluding carboxylic acids is 1. The van der Waals surface area contributed by atoms with Gasteiger partial charge < -0.3 is 9.64 Å². The Balaban J connectivity index is 1.50. The Labute approximate surface area is 203 Å². The van der Waals surface area contributed by atoms with Gasteiger partial charge in [0.15, 0.2) is 11.2 Å². The summed E-state index contributed by atoms with van der Waals surface area (Å²) in [5, 5.41) is 0. The number of benzene rings is 1. The first-order chi connectivity index (χ1) is 17.0. The fourth-order valence-electron chi connectivity index (χ4n) is 4.62. The average Bonchev–Trinajstić information content (AvgIpc) is 3.64. The Bertz CT molecular complexity index is 1440. The van der Waals surface area contributed by atoms with Crippen LogP contribution in [0.15, 0.2) is 33.9 Å². The van der Waals surface area contributed by atoms with E-state index in [-0.39, 0.29) is 41.6 Å². The lowest BCUT2D eigenvalue weighted by molar-refractivity contribution is -0.137. The number of likely N-dealkylation sites (tertiary alicyclic amines) is 1. The molecular weight excluding hydrogens is 479 g/mol. The van der Waals surface area contributed by atoms with E-state index in [2.05, 4.69) is 4.98 Å². The van der Waals surface area contributed by atoms with Gasteiger partial charge in [0, 0.05) is 45.9 Å². The molecule has 1 aliphatic heterocycles. The van der Waals surface area contributed by atoms with Crippen LogP contribution in [0.5, 0.6) is 6.01 Å². The van der Waals surface area contributed by atoms with Crippen LogP contribution in [0.4, 0.5) is 13.2 Å². The largest absolute Gasteiger partial charge is 0.461 e. The molecule has 1 saturated carbocycles. The van der Waals surface area contributed by atoms with E-state index in [9.17, 15) is 27.6 Å². The molecule has 9 nitrogen and oxygen atoms in total. The van der Waals surface area contributed by atoms with E-state index in [0.717, 1.165) is 29.5 Å². The summed E-state index contributed by atoms with van der Waals surface area (Å²) in [6.45, 7) is 0.963. The zero-order valence-electron chi connectivity index (χ0n) is 19.9. The SMILES string of the molecule is Cn1c(=O)c2c(nc(OC3CCN(C(=O)C4CC4)CC3)n2Cc2cccc(C(F)(F)F)c2)n(C)c1=O. The zero-order valence-corrected chi connectivity index (χ0v) is 19.9. The molecule has 0 unspecified atom stereocenters. The zero-order chi connectivity index (χ0) is 25.8. The third kappa shape index (κ3) is 4.40. The van der Waals surface area contributed by atoms with Gasteiger partial charge in [-0.2, -0.15) is 18.2 Å². The molecule has 12 heteroatoms. The minimum Gasteiger partial charge on any atom is -0.461 e. The van der Waals surface area contributed by atoms with Gasteiger partial charge in [0.25, 0.3) is 11.6 Å². The molecule has 1 aliphatic carbocycles. The topological polar surface area (TPSA) is 91.4 Å². The molecule has 1 aromatic carbocycles. The van der Waals surface area contributed by atoms with E-state index in [0.29, 0.717) is 31.5 Å². The van der Waals surface area contributed by atoms with Crippen molar-refractivity contribution in [3.05, 3.63) is 56.2 Å². The summed E-state index contributed by atoms with van der Waals surface area (Å²) in [7, 11) is 2.80. The maximum absolute atomic E-state index is 13.3. The lowest BCUT2D eigenvalue weighted by Crippen LogP contribution is -2.42. The highest BCUT2D eigenvalue weighted by molar-refractivity contribution is 5.81. The molecule has 5 rings (SSSR count). The molecule has 2 fully saturated rings. The summed E-state index contributed by atoms with van der Waals surface area (Å²) in [5.41, 5.74) is -1.55. The minimum absolute atomic E-state index is 0.0488. The standard InChI is InChI=1S/C24H26F3N5O4/c1-29-19-18(21(34)30(2)23(29)35)32(13-14-4-3-5-16(12-14)24(25,26)27)22(28-19)36-17-8-10-31(11-9-17)20(33)15-6-7-15/h3-5,12,15,17H,6-11,13H2,1-2H3. The highest BCUT2D eigenvalue weighted by atomic mass is 19.4. The van der Waals surface area contributed by atoms with E-state index in [4.69, 9.17) is 4.74 Å². The molecule has 1 saturated heterocycles. The molecule has 0 radical (unpaired) electrons. The third-order valence-electron chi connectivity index (χ3n) is 6.86. The van der Waals surface area contributed by atoms with Gasteiger partial charge >= 0.3 is 11.9 Å². The van der Waals surface area contributed by atoms with Gasteiger partial charge in [-0.05, 0) is 30.5 Å². The normalized spacial score (nSPS) is 17.1. The second-order valence-electron chi connectivity index (χ2n) is 9.47. The van der Waals surface area contributed by atoms with Crippen molar-refractivity contribution in [3.63, 3.8) is 0 Å². The number of fused-ring (bicyclic) bond motifs is 1. The van der Waals surface area contributed by atoms with Crippen molar-refractivity contribution >= 4 is 17.1 Å². The van der Waals surface area contributed by atoms with Crippen molar-refractivity contribution in [3.8, 4) is 6.01 Å². The summed E-state index contributed by atoms with van der Waals surface area (Å²) in [6, 6.07) is 4.88. The number of nitrogens with zero attached hydrogens (tertiary/aromatic N) is 5. The van der Waals surface area contributed by atoms with Crippen LogP contribution in [0, 0.1) is 5.92 Å². The van der Waals surface area contributed by atoms with Crippen LogP contribution in [0.1, 0.15) is 36.8 Å². The Kier molecular flexibility index (Phi) is 5.92. The second-order valence-corrected chi connectivity index (χ2v) is 9.47. The molecule has 192 valence electrons. The molecule has 3 heterocycles. The van der Waals surface area contributed by atoms with Crippen LogP contribution in [0.3, 0.4) is 0 Å². The van der Waals surface area contributed by atoms with Crippen molar-refractivity contribution in [2.45, 2.75) is 44.5 Å². The van der Waals surface area contributed by atoms with Crippen LogP contribution in [-0.2, 0) is 31.6 Å². The number of ether oxygens (including phenoxy) is 1. The Hall–Kier alpha value is -3.57. The van der Waals surface area contributed by atoms with Crippen molar-refractivity contribution in [2.75, 3.05) is 13.1 Å². The Morgan fingerprint density at radius 3 is 2.42 bits per heavy atom. The molecular formula is C24H26F3N5O4. The summed E-state index contributed by atoms with van der Waals surface area (Å²) in [5.74, 6) is 0.306. The van der Waals surface area contributed by atoms with E-state index in [1.54, 1.807) is 0 Å². The van der Waals surface area contributed by atoms with Crippen LogP contribution in [-0.4, -0.2) is 48.7 Å². The quantitative estimate of drug-likeness (QED) is 0.531. The second kappa shape index (κ2) is 8.82. The number of rotatable bonds is 5. The maximum atomic E-state index is 13.3. The number of piperidine rings is 1. The number of aromatic nitrogens is 4. The number of amides is 1. The van der Waals surface area contributed by atoms with Crippen LogP contribution >= 0.6 is 0 Å². The Morgan fingerprint density at radius 2 is 1.78 bits per heavy atom. The van der Waals surface area contributed by atoms with Gasteiger partial charge in [0.2, 0.25) is 5.91 Å². The minimum atomic E-state index is -4.52. The van der Waals surface area contributed by atoms with E-state index in [1.165, 1.54) is 35.4 Å². The average molecular weight is 505 g/mol. The molecule has 0 spiro atoms. The number of alkyl halides is 3.